The number of rotatable bonds is 2. The lowest BCUT2D eigenvalue weighted by Gasteiger charge is -2.24. The number of benzene rings is 9. The summed E-state index contributed by atoms with van der Waals surface area (Å²) < 4.78 is 10.5. The Labute approximate surface area is 380 Å². The SMILES string of the molecule is CC(C)(C)n1c2ccccc2c2ccc3c(c4cccc5c6c(-c7ccccc7)c7c(c(-c8ccccc8)c6n3c54)c3cccc4c5c6c(ccc5n7c34)c3ccccc3n6C(C)(C)C)c21. The molecule has 0 saturated heterocycles. The van der Waals surface area contributed by atoms with Gasteiger partial charge in [-0.2, -0.15) is 0 Å². The summed E-state index contributed by atoms with van der Waals surface area (Å²) in [6.07, 6.45) is 0. The van der Waals surface area contributed by atoms with Crippen molar-refractivity contribution in [3.8, 4) is 22.3 Å². The van der Waals surface area contributed by atoms with Crippen LogP contribution in [0.2, 0.25) is 0 Å². The highest BCUT2D eigenvalue weighted by molar-refractivity contribution is 6.40. The third kappa shape index (κ3) is 4.27. The number of para-hydroxylation sites is 4. The molecule has 0 aliphatic heterocycles. The lowest BCUT2D eigenvalue weighted by molar-refractivity contribution is 0.423. The van der Waals surface area contributed by atoms with E-state index in [1.807, 2.05) is 0 Å². The average Bonchev–Trinajstić information content (AvgIpc) is 4.16. The summed E-state index contributed by atoms with van der Waals surface area (Å²) in [5, 5.41) is 15.6. The van der Waals surface area contributed by atoms with E-state index in [0.717, 1.165) is 0 Å². The Balaban J connectivity index is 1.25. The number of fused-ring (bicyclic) bond motifs is 20. The van der Waals surface area contributed by atoms with Gasteiger partial charge in [0, 0.05) is 97.9 Å². The maximum Gasteiger partial charge on any atom is 0.0634 e. The Hall–Kier alpha value is -7.82. The van der Waals surface area contributed by atoms with Gasteiger partial charge in [-0.05, 0) is 76.9 Å². The highest BCUT2D eigenvalue weighted by Gasteiger charge is 2.33. The first-order valence-electron chi connectivity index (χ1n) is 23.5. The summed E-state index contributed by atoms with van der Waals surface area (Å²) in [5.41, 5.74) is 17.4. The van der Waals surface area contributed by atoms with Crippen LogP contribution < -0.4 is 0 Å². The van der Waals surface area contributed by atoms with Gasteiger partial charge in [0.05, 0.1) is 44.1 Å². The zero-order valence-electron chi connectivity index (χ0n) is 38.0. The van der Waals surface area contributed by atoms with Crippen LogP contribution in [0.5, 0.6) is 0 Å². The van der Waals surface area contributed by atoms with E-state index >= 15 is 0 Å². The molecule has 0 saturated carbocycles. The van der Waals surface area contributed by atoms with Crippen LogP contribution in [0.25, 0.3) is 142 Å². The van der Waals surface area contributed by atoms with Gasteiger partial charge in [0.25, 0.3) is 0 Å². The number of aromatic nitrogens is 4. The Morgan fingerprint density at radius 2 is 0.606 bits per heavy atom. The van der Waals surface area contributed by atoms with E-state index in [0.29, 0.717) is 0 Å². The summed E-state index contributed by atoms with van der Waals surface area (Å²) in [4.78, 5) is 0. The fourth-order valence-corrected chi connectivity index (χ4v) is 12.9. The molecule has 66 heavy (non-hydrogen) atoms. The molecule has 0 radical (unpaired) electrons. The summed E-state index contributed by atoms with van der Waals surface area (Å²) in [7, 11) is 0. The maximum atomic E-state index is 2.66. The smallest absolute Gasteiger partial charge is 0.0634 e. The van der Waals surface area contributed by atoms with Crippen molar-refractivity contribution in [2.24, 2.45) is 0 Å². The van der Waals surface area contributed by atoms with Crippen LogP contribution in [0.3, 0.4) is 0 Å². The van der Waals surface area contributed by atoms with E-state index in [9.17, 15) is 0 Å². The Morgan fingerprint density at radius 3 is 1.00 bits per heavy atom. The molecule has 6 aromatic heterocycles. The van der Waals surface area contributed by atoms with E-state index in [1.165, 1.54) is 142 Å². The predicted octanol–water partition coefficient (Wildman–Crippen LogP) is 17.0. The van der Waals surface area contributed by atoms with Gasteiger partial charge in [-0.15, -0.1) is 0 Å². The largest absolute Gasteiger partial charge is 0.335 e. The lowest BCUT2D eigenvalue weighted by Crippen LogP contribution is -2.21. The van der Waals surface area contributed by atoms with Gasteiger partial charge in [0.1, 0.15) is 0 Å². The van der Waals surface area contributed by atoms with Crippen molar-refractivity contribution in [1.82, 2.24) is 17.9 Å². The number of hydrogen-bond donors (Lipinski definition) is 0. The molecule has 0 fully saturated rings. The standard InChI is InChI=1S/C62H46N4/c1-61(2,3)65-45-29-15-13-23-37(45)39-31-33-47-51(57(39)65)41-25-17-27-43-53-50(36-21-11-8-12-22-36)60-54(49(35-19-9-7-10-20-35)59(53)63(47)55(41)43)44-28-18-26-42-52-48(64(60)56(42)44)34-32-40-38-24-14-16-30-46(38)66(58(40)52)62(4,5)6/h7-34H,1-6H3. The highest BCUT2D eigenvalue weighted by Crippen LogP contribution is 2.55. The Morgan fingerprint density at radius 1 is 0.258 bits per heavy atom. The lowest BCUT2D eigenvalue weighted by atomic mass is 9.89. The molecule has 314 valence electrons. The monoisotopic (exact) mass is 846 g/mol. The molecule has 15 aromatic rings. The molecule has 9 aromatic carbocycles. The summed E-state index contributed by atoms with van der Waals surface area (Å²) in [5.74, 6) is 0. The molecule has 0 aliphatic rings. The molecule has 6 heterocycles. The molecule has 0 unspecified atom stereocenters. The second kappa shape index (κ2) is 12.1. The third-order valence-electron chi connectivity index (χ3n) is 15.1. The first-order valence-corrected chi connectivity index (χ1v) is 23.5. The van der Waals surface area contributed by atoms with Crippen LogP contribution in [0, 0.1) is 0 Å². The van der Waals surface area contributed by atoms with Gasteiger partial charge >= 0.3 is 0 Å². The second-order valence-corrected chi connectivity index (χ2v) is 20.8. The van der Waals surface area contributed by atoms with Crippen molar-refractivity contribution in [2.75, 3.05) is 0 Å². The Kier molecular flexibility index (Phi) is 6.69. The number of nitrogens with zero attached hydrogens (tertiary/aromatic N) is 4. The van der Waals surface area contributed by atoms with Crippen LogP contribution >= 0.6 is 0 Å². The van der Waals surface area contributed by atoms with E-state index in [4.69, 9.17) is 0 Å². The van der Waals surface area contributed by atoms with Crippen LogP contribution in [0.15, 0.2) is 170 Å². The molecule has 0 spiro atoms. The molecular formula is C62H46N4. The minimum Gasteiger partial charge on any atom is -0.335 e. The van der Waals surface area contributed by atoms with Crippen LogP contribution in [0.4, 0.5) is 0 Å². The van der Waals surface area contributed by atoms with Crippen LogP contribution in [0.1, 0.15) is 41.5 Å². The van der Waals surface area contributed by atoms with Crippen molar-refractivity contribution >= 4 is 120 Å². The molecule has 4 nitrogen and oxygen atoms in total. The average molecular weight is 847 g/mol. The second-order valence-electron chi connectivity index (χ2n) is 20.8. The Bertz CT molecular complexity index is 4260. The van der Waals surface area contributed by atoms with Gasteiger partial charge in [0.15, 0.2) is 0 Å². The molecule has 15 rings (SSSR count). The van der Waals surface area contributed by atoms with Gasteiger partial charge in [-0.25, -0.2) is 0 Å². The quantitative estimate of drug-likeness (QED) is 0.165. The summed E-state index contributed by atoms with van der Waals surface area (Å²) in [6, 6.07) is 64.2. The molecule has 0 bridgehead atoms. The van der Waals surface area contributed by atoms with E-state index < -0.39 is 0 Å². The first kappa shape index (κ1) is 36.5. The molecular weight excluding hydrogens is 801 g/mol. The molecule has 0 atom stereocenters. The van der Waals surface area contributed by atoms with E-state index in [2.05, 4.69) is 229 Å². The molecule has 0 N–H and O–H groups in total. The highest BCUT2D eigenvalue weighted by atomic mass is 15.1. The maximum absolute atomic E-state index is 2.66. The summed E-state index contributed by atoms with van der Waals surface area (Å²) >= 11 is 0. The van der Waals surface area contributed by atoms with Crippen LogP contribution in [-0.4, -0.2) is 17.9 Å². The zero-order chi connectivity index (χ0) is 44.1. The minimum atomic E-state index is -0.151. The predicted molar refractivity (Wildman–Crippen MR) is 283 cm³/mol. The first-order chi connectivity index (χ1) is 32.1. The normalized spacial score (nSPS) is 13.3. The fraction of sp³-hybridized carbons (Fsp3) is 0.129. The van der Waals surface area contributed by atoms with Crippen LogP contribution in [-0.2, 0) is 11.1 Å². The van der Waals surface area contributed by atoms with Crippen molar-refractivity contribution in [1.29, 1.82) is 0 Å². The van der Waals surface area contributed by atoms with E-state index in [-0.39, 0.29) is 11.1 Å². The van der Waals surface area contributed by atoms with Crippen molar-refractivity contribution in [3.05, 3.63) is 170 Å². The molecule has 0 amide bonds. The molecule has 0 aliphatic carbocycles. The van der Waals surface area contributed by atoms with Gasteiger partial charge < -0.3 is 17.9 Å². The topological polar surface area (TPSA) is 18.7 Å². The van der Waals surface area contributed by atoms with Gasteiger partial charge in [-0.3, -0.25) is 0 Å². The van der Waals surface area contributed by atoms with Crippen molar-refractivity contribution in [2.45, 2.75) is 52.6 Å². The fourth-order valence-electron chi connectivity index (χ4n) is 12.9. The number of hydrogen-bond acceptors (Lipinski definition) is 0. The van der Waals surface area contributed by atoms with Gasteiger partial charge in [0.2, 0.25) is 0 Å². The van der Waals surface area contributed by atoms with Crippen molar-refractivity contribution in [3.63, 3.8) is 0 Å². The van der Waals surface area contributed by atoms with Crippen molar-refractivity contribution < 1.29 is 0 Å². The van der Waals surface area contributed by atoms with E-state index in [1.54, 1.807) is 0 Å². The minimum absolute atomic E-state index is 0.151. The zero-order valence-corrected chi connectivity index (χ0v) is 38.0. The van der Waals surface area contributed by atoms with Gasteiger partial charge in [-0.1, -0.05) is 146 Å². The summed E-state index contributed by atoms with van der Waals surface area (Å²) in [6.45, 7) is 14.1. The molecule has 4 heteroatoms. The third-order valence-corrected chi connectivity index (χ3v) is 15.1.